The van der Waals surface area contributed by atoms with Crippen molar-refractivity contribution in [3.63, 3.8) is 0 Å². The second kappa shape index (κ2) is 6.05. The Balaban J connectivity index is 3.46. The van der Waals surface area contributed by atoms with Crippen molar-refractivity contribution in [1.82, 2.24) is 0 Å². The molecule has 0 aromatic heterocycles. The molecule has 1 unspecified atom stereocenters. The molecule has 0 aliphatic carbocycles. The summed E-state index contributed by atoms with van der Waals surface area (Å²) in [5, 5.41) is 9.71. The predicted molar refractivity (Wildman–Crippen MR) is 57.4 cm³/mol. The fourth-order valence-corrected chi connectivity index (χ4v) is 1.11. The summed E-state index contributed by atoms with van der Waals surface area (Å²) in [6, 6.07) is 0. The number of hydrogen-bond donors (Lipinski definition) is 1. The van der Waals surface area contributed by atoms with Gasteiger partial charge in [-0.1, -0.05) is 20.8 Å². The third-order valence-electron chi connectivity index (χ3n) is 2.21. The molecule has 13 heavy (non-hydrogen) atoms. The Bertz CT molecular complexity index is 178. The Kier molecular flexibility index (Phi) is 5.82. The maximum absolute atomic E-state index is 9.71. The highest BCUT2D eigenvalue weighted by atomic mass is 16.3. The van der Waals surface area contributed by atoms with Gasteiger partial charge in [0, 0.05) is 6.42 Å². The summed E-state index contributed by atoms with van der Waals surface area (Å²) >= 11 is 0. The summed E-state index contributed by atoms with van der Waals surface area (Å²) < 4.78 is 0. The molecule has 1 nitrogen and oxygen atoms in total. The van der Waals surface area contributed by atoms with Crippen LogP contribution in [0.2, 0.25) is 0 Å². The highest BCUT2D eigenvalue weighted by molar-refractivity contribution is 4.94. The van der Waals surface area contributed by atoms with Gasteiger partial charge in [0.2, 0.25) is 0 Å². The van der Waals surface area contributed by atoms with Crippen LogP contribution >= 0.6 is 0 Å². The summed E-state index contributed by atoms with van der Waals surface area (Å²) in [6.45, 7) is 8.08. The van der Waals surface area contributed by atoms with Gasteiger partial charge in [-0.25, -0.2) is 0 Å². The molecule has 0 radical (unpaired) electrons. The second-order valence-electron chi connectivity index (χ2n) is 4.55. The van der Waals surface area contributed by atoms with Crippen molar-refractivity contribution in [1.29, 1.82) is 0 Å². The van der Waals surface area contributed by atoms with E-state index in [1.165, 1.54) is 0 Å². The van der Waals surface area contributed by atoms with E-state index in [0.29, 0.717) is 0 Å². The number of hydrogen-bond acceptors (Lipinski definition) is 1. The molecule has 0 spiro atoms. The van der Waals surface area contributed by atoms with Crippen LogP contribution in [0.15, 0.2) is 0 Å². The highest BCUT2D eigenvalue weighted by Gasteiger charge is 2.20. The average Bonchev–Trinajstić information content (AvgIpc) is 2.02. The van der Waals surface area contributed by atoms with Gasteiger partial charge in [-0.3, -0.25) is 0 Å². The van der Waals surface area contributed by atoms with E-state index in [1.807, 2.05) is 6.92 Å². The first-order valence-corrected chi connectivity index (χ1v) is 5.06. The lowest BCUT2D eigenvalue weighted by molar-refractivity contribution is 0.0536. The topological polar surface area (TPSA) is 20.2 Å². The Hall–Kier alpha value is -0.480. The van der Waals surface area contributed by atoms with Crippen LogP contribution in [0.4, 0.5) is 0 Å². The Morgan fingerprint density at radius 2 is 1.85 bits per heavy atom. The Morgan fingerprint density at radius 3 is 2.31 bits per heavy atom. The SMILES string of the molecule is CC#CCCCCC(O)C(C)(C)C. The van der Waals surface area contributed by atoms with Crippen LogP contribution in [0, 0.1) is 17.3 Å². The second-order valence-corrected chi connectivity index (χ2v) is 4.55. The molecule has 0 aliphatic heterocycles. The van der Waals surface area contributed by atoms with Crippen LogP contribution in [0.25, 0.3) is 0 Å². The number of unbranched alkanes of at least 4 members (excludes halogenated alkanes) is 2. The molecule has 0 fully saturated rings. The minimum Gasteiger partial charge on any atom is -0.393 e. The number of rotatable bonds is 4. The minimum atomic E-state index is -0.179. The Labute approximate surface area is 82.5 Å². The Morgan fingerprint density at radius 1 is 1.23 bits per heavy atom. The van der Waals surface area contributed by atoms with Crippen LogP contribution in [0.5, 0.6) is 0 Å². The van der Waals surface area contributed by atoms with Crippen molar-refractivity contribution in [3.05, 3.63) is 0 Å². The zero-order valence-corrected chi connectivity index (χ0v) is 9.35. The fourth-order valence-electron chi connectivity index (χ4n) is 1.11. The van der Waals surface area contributed by atoms with Gasteiger partial charge in [-0.05, 0) is 31.6 Å². The highest BCUT2D eigenvalue weighted by Crippen LogP contribution is 2.23. The molecule has 1 heteroatoms. The van der Waals surface area contributed by atoms with Crippen LogP contribution in [-0.4, -0.2) is 11.2 Å². The van der Waals surface area contributed by atoms with Crippen molar-refractivity contribution >= 4 is 0 Å². The third-order valence-corrected chi connectivity index (χ3v) is 2.21. The summed E-state index contributed by atoms with van der Waals surface area (Å²) in [6.07, 6.45) is 3.87. The number of aliphatic hydroxyl groups is 1. The summed E-state index contributed by atoms with van der Waals surface area (Å²) in [5.41, 5.74) is 0.0242. The maximum atomic E-state index is 9.71. The van der Waals surface area contributed by atoms with Gasteiger partial charge in [0.1, 0.15) is 0 Å². The number of aliphatic hydroxyl groups excluding tert-OH is 1. The van der Waals surface area contributed by atoms with E-state index in [2.05, 4.69) is 32.6 Å². The van der Waals surface area contributed by atoms with Gasteiger partial charge in [-0.15, -0.1) is 11.8 Å². The molecule has 0 saturated carbocycles. The third kappa shape index (κ3) is 6.66. The molecule has 1 atom stereocenters. The molecule has 0 aliphatic rings. The standard InChI is InChI=1S/C12H22O/c1-5-6-7-8-9-10-11(13)12(2,3)4/h11,13H,7-10H2,1-4H3. The van der Waals surface area contributed by atoms with E-state index < -0.39 is 0 Å². The quantitative estimate of drug-likeness (QED) is 0.523. The summed E-state index contributed by atoms with van der Waals surface area (Å²) in [7, 11) is 0. The van der Waals surface area contributed by atoms with E-state index in [9.17, 15) is 5.11 Å². The molecule has 0 amide bonds. The predicted octanol–water partition coefficient (Wildman–Crippen LogP) is 2.98. The van der Waals surface area contributed by atoms with Gasteiger partial charge in [0.05, 0.1) is 6.10 Å². The lowest BCUT2D eigenvalue weighted by Crippen LogP contribution is -2.25. The molecule has 76 valence electrons. The largest absolute Gasteiger partial charge is 0.393 e. The molecule has 0 heterocycles. The van der Waals surface area contributed by atoms with Crippen LogP contribution in [-0.2, 0) is 0 Å². The van der Waals surface area contributed by atoms with Crippen molar-refractivity contribution in [2.24, 2.45) is 5.41 Å². The molecule has 0 bridgehead atoms. The zero-order valence-electron chi connectivity index (χ0n) is 9.35. The monoisotopic (exact) mass is 182 g/mol. The average molecular weight is 182 g/mol. The van der Waals surface area contributed by atoms with Gasteiger partial charge < -0.3 is 5.11 Å². The van der Waals surface area contributed by atoms with Gasteiger partial charge in [-0.2, -0.15) is 0 Å². The van der Waals surface area contributed by atoms with Gasteiger partial charge in [0.15, 0.2) is 0 Å². The maximum Gasteiger partial charge on any atom is 0.0588 e. The first-order valence-electron chi connectivity index (χ1n) is 5.06. The summed E-state index contributed by atoms with van der Waals surface area (Å²) in [5.74, 6) is 5.90. The van der Waals surface area contributed by atoms with Crippen molar-refractivity contribution in [2.75, 3.05) is 0 Å². The van der Waals surface area contributed by atoms with Gasteiger partial charge >= 0.3 is 0 Å². The van der Waals surface area contributed by atoms with Gasteiger partial charge in [0.25, 0.3) is 0 Å². The molecule has 1 N–H and O–H groups in total. The van der Waals surface area contributed by atoms with Crippen molar-refractivity contribution in [2.45, 2.75) is 59.5 Å². The van der Waals surface area contributed by atoms with Crippen LogP contribution < -0.4 is 0 Å². The normalized spacial score (nSPS) is 13.3. The van der Waals surface area contributed by atoms with Crippen LogP contribution in [0.1, 0.15) is 53.4 Å². The molecular formula is C12H22O. The molecule has 0 aromatic carbocycles. The molecular weight excluding hydrogens is 160 g/mol. The van der Waals surface area contributed by atoms with E-state index in [4.69, 9.17) is 0 Å². The van der Waals surface area contributed by atoms with E-state index in [1.54, 1.807) is 0 Å². The fraction of sp³-hybridized carbons (Fsp3) is 0.833. The van der Waals surface area contributed by atoms with Crippen molar-refractivity contribution < 1.29 is 5.11 Å². The van der Waals surface area contributed by atoms with Crippen molar-refractivity contribution in [3.8, 4) is 11.8 Å². The minimum absolute atomic E-state index is 0.0242. The smallest absolute Gasteiger partial charge is 0.0588 e. The molecule has 0 aromatic rings. The van der Waals surface area contributed by atoms with E-state index in [-0.39, 0.29) is 11.5 Å². The first kappa shape index (κ1) is 12.5. The molecule has 0 saturated heterocycles. The summed E-state index contributed by atoms with van der Waals surface area (Å²) in [4.78, 5) is 0. The van der Waals surface area contributed by atoms with Crippen LogP contribution in [0.3, 0.4) is 0 Å². The lowest BCUT2D eigenvalue weighted by Gasteiger charge is -2.25. The lowest BCUT2D eigenvalue weighted by atomic mass is 9.86. The van der Waals surface area contributed by atoms with E-state index in [0.717, 1.165) is 25.7 Å². The van der Waals surface area contributed by atoms with E-state index >= 15 is 0 Å². The molecule has 0 rings (SSSR count). The zero-order chi connectivity index (χ0) is 10.3. The first-order chi connectivity index (χ1) is 5.98.